The summed E-state index contributed by atoms with van der Waals surface area (Å²) in [6, 6.07) is 9.59. The SMILES string of the molecule is CCCCCOC(=O)CSc1nc2sc3c(c2c(=O)n1-c1ccccc1)CC[C@@H](C(C)(C)C)C3. The molecule has 34 heavy (non-hydrogen) atoms. The second-order valence-electron chi connectivity index (χ2n) is 10.1. The highest BCUT2D eigenvalue weighted by Gasteiger charge is 2.32. The van der Waals surface area contributed by atoms with E-state index in [2.05, 4.69) is 27.7 Å². The van der Waals surface area contributed by atoms with Crippen LogP contribution in [0.4, 0.5) is 0 Å². The van der Waals surface area contributed by atoms with Crippen LogP contribution in [0.5, 0.6) is 0 Å². The first-order chi connectivity index (χ1) is 16.3. The van der Waals surface area contributed by atoms with Crippen molar-refractivity contribution < 1.29 is 9.53 Å². The van der Waals surface area contributed by atoms with E-state index in [-0.39, 0.29) is 22.7 Å². The summed E-state index contributed by atoms with van der Waals surface area (Å²) in [5, 5.41) is 1.29. The number of hydrogen-bond donors (Lipinski definition) is 0. The number of unbranched alkanes of at least 4 members (excludes halogenated alkanes) is 2. The minimum atomic E-state index is -0.270. The molecule has 0 saturated heterocycles. The number of benzene rings is 1. The third-order valence-corrected chi connectivity index (χ3v) is 8.68. The Hall–Kier alpha value is -2.12. The Bertz CT molecular complexity index is 1210. The van der Waals surface area contributed by atoms with Gasteiger partial charge in [0.2, 0.25) is 0 Å². The second-order valence-corrected chi connectivity index (χ2v) is 12.1. The van der Waals surface area contributed by atoms with Gasteiger partial charge in [-0.3, -0.25) is 14.2 Å². The van der Waals surface area contributed by atoms with E-state index >= 15 is 0 Å². The number of para-hydroxylation sites is 1. The summed E-state index contributed by atoms with van der Waals surface area (Å²) in [6.45, 7) is 9.46. The number of carbonyl (C=O) groups excluding carboxylic acids is 1. The lowest BCUT2D eigenvalue weighted by Crippen LogP contribution is -2.27. The van der Waals surface area contributed by atoms with Crippen LogP contribution >= 0.6 is 23.1 Å². The van der Waals surface area contributed by atoms with Crippen LogP contribution in [0.2, 0.25) is 0 Å². The fourth-order valence-corrected chi connectivity index (χ4v) is 6.70. The van der Waals surface area contributed by atoms with Crippen molar-refractivity contribution in [1.82, 2.24) is 9.55 Å². The molecule has 1 atom stereocenters. The maximum Gasteiger partial charge on any atom is 0.316 e. The highest BCUT2D eigenvalue weighted by molar-refractivity contribution is 7.99. The summed E-state index contributed by atoms with van der Waals surface area (Å²) in [4.78, 5) is 33.2. The van der Waals surface area contributed by atoms with Crippen molar-refractivity contribution >= 4 is 39.3 Å². The van der Waals surface area contributed by atoms with Gasteiger partial charge in [-0.05, 0) is 54.7 Å². The van der Waals surface area contributed by atoms with Crippen molar-refractivity contribution in [2.75, 3.05) is 12.4 Å². The molecule has 4 rings (SSSR count). The normalized spacial score (nSPS) is 15.9. The lowest BCUT2D eigenvalue weighted by atomic mass is 9.72. The number of aryl methyl sites for hydroxylation is 1. The summed E-state index contributed by atoms with van der Waals surface area (Å²) >= 11 is 2.93. The maximum atomic E-state index is 13.8. The van der Waals surface area contributed by atoms with Crippen LogP contribution in [0.3, 0.4) is 0 Å². The number of esters is 1. The molecular weight excluding hydrogens is 464 g/mol. The molecule has 5 nitrogen and oxygen atoms in total. The second kappa shape index (κ2) is 10.6. The molecule has 7 heteroatoms. The summed E-state index contributed by atoms with van der Waals surface area (Å²) in [6.07, 6.45) is 6.01. The van der Waals surface area contributed by atoms with Gasteiger partial charge in [0.15, 0.2) is 5.16 Å². The first-order valence-corrected chi connectivity index (χ1v) is 14.0. The number of carbonyl (C=O) groups is 1. The third-order valence-electron chi connectivity index (χ3n) is 6.62. The number of ether oxygens (including phenoxy) is 1. The lowest BCUT2D eigenvalue weighted by molar-refractivity contribution is -0.140. The molecular formula is C27H34N2O3S2. The molecule has 0 aliphatic heterocycles. The molecule has 1 aliphatic carbocycles. The fourth-order valence-electron chi connectivity index (χ4n) is 4.55. The van der Waals surface area contributed by atoms with Gasteiger partial charge < -0.3 is 4.74 Å². The van der Waals surface area contributed by atoms with Gasteiger partial charge in [-0.25, -0.2) is 4.98 Å². The standard InChI is InChI=1S/C27H34N2O3S2/c1-5-6-10-15-32-22(30)17-33-26-28-24-23(25(31)29(26)19-11-8-7-9-12-19)20-14-13-18(27(2,3)4)16-21(20)34-24/h7-9,11-12,18H,5-6,10,13-17H2,1-4H3/t18-/m1/s1. The first kappa shape index (κ1) is 25.0. The van der Waals surface area contributed by atoms with Crippen LogP contribution in [0, 0.1) is 11.3 Å². The van der Waals surface area contributed by atoms with Gasteiger partial charge in [-0.1, -0.05) is 70.5 Å². The molecule has 1 aromatic carbocycles. The Labute approximate surface area is 209 Å². The zero-order valence-corrected chi connectivity index (χ0v) is 22.2. The van der Waals surface area contributed by atoms with Gasteiger partial charge >= 0.3 is 5.97 Å². The average molecular weight is 499 g/mol. The minimum absolute atomic E-state index is 0.0401. The molecule has 0 spiro atoms. The van der Waals surface area contributed by atoms with E-state index in [0.717, 1.165) is 54.4 Å². The molecule has 0 radical (unpaired) electrons. The van der Waals surface area contributed by atoms with E-state index in [1.54, 1.807) is 15.9 Å². The van der Waals surface area contributed by atoms with E-state index in [4.69, 9.17) is 9.72 Å². The van der Waals surface area contributed by atoms with E-state index in [1.807, 2.05) is 30.3 Å². The van der Waals surface area contributed by atoms with Crippen molar-refractivity contribution in [2.24, 2.45) is 11.3 Å². The minimum Gasteiger partial charge on any atom is -0.465 e. The Kier molecular flexibility index (Phi) is 7.83. The number of rotatable bonds is 8. The molecule has 0 amide bonds. The van der Waals surface area contributed by atoms with Crippen LogP contribution in [-0.2, 0) is 22.4 Å². The maximum absolute atomic E-state index is 13.8. The predicted molar refractivity (Wildman–Crippen MR) is 141 cm³/mol. The summed E-state index contributed by atoms with van der Waals surface area (Å²) in [5.41, 5.74) is 2.14. The quantitative estimate of drug-likeness (QED) is 0.155. The number of thioether (sulfide) groups is 1. The van der Waals surface area contributed by atoms with Crippen molar-refractivity contribution in [1.29, 1.82) is 0 Å². The Balaban J connectivity index is 1.69. The summed E-state index contributed by atoms with van der Waals surface area (Å²) in [7, 11) is 0. The molecule has 2 aromatic heterocycles. The van der Waals surface area contributed by atoms with Crippen LogP contribution in [0.15, 0.2) is 40.3 Å². The fraction of sp³-hybridized carbons (Fsp3) is 0.519. The highest BCUT2D eigenvalue weighted by Crippen LogP contribution is 2.42. The van der Waals surface area contributed by atoms with Gasteiger partial charge in [0.05, 0.1) is 23.4 Å². The molecule has 0 fully saturated rings. The number of aromatic nitrogens is 2. The Morgan fingerprint density at radius 3 is 2.71 bits per heavy atom. The van der Waals surface area contributed by atoms with Gasteiger partial charge in [0.25, 0.3) is 5.56 Å². The van der Waals surface area contributed by atoms with Crippen molar-refractivity contribution in [3.8, 4) is 5.69 Å². The van der Waals surface area contributed by atoms with Crippen LogP contribution < -0.4 is 5.56 Å². The molecule has 0 bridgehead atoms. The van der Waals surface area contributed by atoms with Crippen molar-refractivity contribution in [3.63, 3.8) is 0 Å². The highest BCUT2D eigenvalue weighted by atomic mass is 32.2. The van der Waals surface area contributed by atoms with E-state index < -0.39 is 0 Å². The smallest absolute Gasteiger partial charge is 0.316 e. The monoisotopic (exact) mass is 498 g/mol. The number of hydrogen-bond acceptors (Lipinski definition) is 6. The number of thiophene rings is 1. The third kappa shape index (κ3) is 5.41. The molecule has 182 valence electrons. The van der Waals surface area contributed by atoms with Gasteiger partial charge in [-0.2, -0.15) is 0 Å². The Morgan fingerprint density at radius 2 is 2.00 bits per heavy atom. The van der Waals surface area contributed by atoms with Crippen LogP contribution in [0.1, 0.15) is 63.8 Å². The topological polar surface area (TPSA) is 61.2 Å². The lowest BCUT2D eigenvalue weighted by Gasteiger charge is -2.33. The first-order valence-electron chi connectivity index (χ1n) is 12.2. The zero-order valence-electron chi connectivity index (χ0n) is 20.6. The van der Waals surface area contributed by atoms with Crippen LogP contribution in [0.25, 0.3) is 15.9 Å². The van der Waals surface area contributed by atoms with Crippen molar-refractivity contribution in [2.45, 2.75) is 71.4 Å². The average Bonchev–Trinajstić information content (AvgIpc) is 3.18. The van der Waals surface area contributed by atoms with Gasteiger partial charge in [-0.15, -0.1) is 11.3 Å². The Morgan fingerprint density at radius 1 is 1.24 bits per heavy atom. The summed E-state index contributed by atoms with van der Waals surface area (Å²) in [5.74, 6) is 0.461. The van der Waals surface area contributed by atoms with Crippen LogP contribution in [-0.4, -0.2) is 27.9 Å². The largest absolute Gasteiger partial charge is 0.465 e. The molecule has 3 aromatic rings. The molecule has 0 saturated carbocycles. The van der Waals surface area contributed by atoms with Crippen molar-refractivity contribution in [3.05, 3.63) is 51.1 Å². The van der Waals surface area contributed by atoms with E-state index in [1.165, 1.54) is 22.2 Å². The zero-order chi connectivity index (χ0) is 24.3. The molecule has 1 aliphatic rings. The van der Waals surface area contributed by atoms with Gasteiger partial charge in [0.1, 0.15) is 4.83 Å². The van der Waals surface area contributed by atoms with E-state index in [0.29, 0.717) is 17.7 Å². The van der Waals surface area contributed by atoms with E-state index in [9.17, 15) is 9.59 Å². The van der Waals surface area contributed by atoms with Gasteiger partial charge in [0, 0.05) is 4.88 Å². The molecule has 0 N–H and O–H groups in total. The molecule has 0 unspecified atom stereocenters. The number of fused-ring (bicyclic) bond motifs is 3. The predicted octanol–water partition coefficient (Wildman–Crippen LogP) is 6.42. The number of nitrogens with zero attached hydrogens (tertiary/aromatic N) is 2. The summed E-state index contributed by atoms with van der Waals surface area (Å²) < 4.78 is 7.03. The molecule has 2 heterocycles.